The second-order valence-electron chi connectivity index (χ2n) is 5.28. The van der Waals surface area contributed by atoms with Crippen LogP contribution in [-0.2, 0) is 21.4 Å². The van der Waals surface area contributed by atoms with Crippen molar-refractivity contribution < 1.29 is 14.4 Å². The van der Waals surface area contributed by atoms with E-state index in [-0.39, 0.29) is 11.7 Å². The van der Waals surface area contributed by atoms with Crippen molar-refractivity contribution in [3.05, 3.63) is 34.9 Å². The molecule has 4 nitrogen and oxygen atoms in total. The van der Waals surface area contributed by atoms with E-state index in [0.29, 0.717) is 12.0 Å². The van der Waals surface area contributed by atoms with Crippen molar-refractivity contribution >= 4 is 17.6 Å². The molecule has 0 saturated carbocycles. The van der Waals surface area contributed by atoms with Crippen LogP contribution in [0.25, 0.3) is 0 Å². The summed E-state index contributed by atoms with van der Waals surface area (Å²) >= 11 is 0. The van der Waals surface area contributed by atoms with Gasteiger partial charge in [-0.25, -0.2) is 0 Å². The lowest BCUT2D eigenvalue weighted by atomic mass is 9.67. The lowest BCUT2D eigenvalue weighted by Gasteiger charge is -2.31. The lowest BCUT2D eigenvalue weighted by molar-refractivity contribution is -0.126. The summed E-state index contributed by atoms with van der Waals surface area (Å²) in [6, 6.07) is 5.55. The van der Waals surface area contributed by atoms with Crippen molar-refractivity contribution in [1.82, 2.24) is 5.32 Å². The number of carbonyl (C=O) groups is 3. The molecule has 1 N–H and O–H groups in total. The Bertz CT molecular complexity index is 634. The highest BCUT2D eigenvalue weighted by Gasteiger charge is 2.65. The standard InChI is InChI=1S/C14H11NO3/c16-11-8-5-1-3-7-4-2-6-14(9(7)8)10(11)12(17)15-13(14)18/h1,3,5,10H,2,4,6H2,(H,15,17,18). The van der Waals surface area contributed by atoms with Crippen molar-refractivity contribution in [2.75, 3.05) is 0 Å². The van der Waals surface area contributed by atoms with Crippen molar-refractivity contribution in [3.63, 3.8) is 0 Å². The third kappa shape index (κ3) is 0.847. The molecule has 2 amide bonds. The average molecular weight is 241 g/mol. The summed E-state index contributed by atoms with van der Waals surface area (Å²) in [6.07, 6.45) is 2.33. The minimum absolute atomic E-state index is 0.183. The largest absolute Gasteiger partial charge is 0.295 e. The molecule has 1 saturated heterocycles. The van der Waals surface area contributed by atoms with E-state index < -0.39 is 17.2 Å². The van der Waals surface area contributed by atoms with Gasteiger partial charge in [-0.3, -0.25) is 19.7 Å². The van der Waals surface area contributed by atoms with E-state index in [2.05, 4.69) is 5.32 Å². The van der Waals surface area contributed by atoms with Gasteiger partial charge in [0.1, 0.15) is 5.92 Å². The maximum Gasteiger partial charge on any atom is 0.238 e. The quantitative estimate of drug-likeness (QED) is 0.538. The van der Waals surface area contributed by atoms with Crippen LogP contribution in [0.1, 0.15) is 34.3 Å². The number of amides is 2. The number of hydrogen-bond donors (Lipinski definition) is 1. The molecule has 1 aliphatic heterocycles. The second kappa shape index (κ2) is 2.88. The van der Waals surface area contributed by atoms with Gasteiger partial charge in [-0.2, -0.15) is 0 Å². The van der Waals surface area contributed by atoms with Gasteiger partial charge in [0.2, 0.25) is 11.8 Å². The first kappa shape index (κ1) is 10.00. The highest BCUT2D eigenvalue weighted by molar-refractivity contribution is 6.27. The Morgan fingerprint density at radius 1 is 1.22 bits per heavy atom. The molecule has 4 rings (SSSR count). The highest BCUT2D eigenvalue weighted by Crippen LogP contribution is 2.53. The number of imide groups is 1. The van der Waals surface area contributed by atoms with Gasteiger partial charge in [0.05, 0.1) is 5.41 Å². The number of aryl methyl sites for hydroxylation is 1. The molecule has 3 aliphatic rings. The Hall–Kier alpha value is -1.97. The van der Waals surface area contributed by atoms with E-state index in [0.717, 1.165) is 24.0 Å². The Kier molecular flexibility index (Phi) is 1.60. The molecule has 1 aromatic rings. The molecular weight excluding hydrogens is 230 g/mol. The number of carbonyl (C=O) groups excluding carboxylic acids is 3. The maximum atomic E-state index is 12.4. The predicted octanol–water partition coefficient (Wildman–Crippen LogP) is 0.730. The van der Waals surface area contributed by atoms with Gasteiger partial charge in [-0.1, -0.05) is 18.2 Å². The van der Waals surface area contributed by atoms with E-state index in [1.165, 1.54) is 0 Å². The third-order valence-electron chi connectivity index (χ3n) is 4.54. The average Bonchev–Trinajstić information content (AvgIpc) is 2.76. The molecular formula is C14H11NO3. The van der Waals surface area contributed by atoms with Crippen LogP contribution >= 0.6 is 0 Å². The smallest absolute Gasteiger partial charge is 0.238 e. The molecule has 4 heteroatoms. The third-order valence-corrected chi connectivity index (χ3v) is 4.54. The van der Waals surface area contributed by atoms with Crippen LogP contribution in [-0.4, -0.2) is 17.6 Å². The van der Waals surface area contributed by atoms with Crippen LogP contribution < -0.4 is 5.32 Å². The molecule has 0 radical (unpaired) electrons. The van der Waals surface area contributed by atoms with Gasteiger partial charge in [0.15, 0.2) is 5.78 Å². The maximum absolute atomic E-state index is 12.4. The van der Waals surface area contributed by atoms with Crippen LogP contribution in [0.2, 0.25) is 0 Å². The van der Waals surface area contributed by atoms with Gasteiger partial charge >= 0.3 is 0 Å². The molecule has 18 heavy (non-hydrogen) atoms. The van der Waals surface area contributed by atoms with Crippen molar-refractivity contribution in [3.8, 4) is 0 Å². The van der Waals surface area contributed by atoms with E-state index in [1.807, 2.05) is 12.1 Å². The molecule has 2 unspecified atom stereocenters. The van der Waals surface area contributed by atoms with E-state index in [4.69, 9.17) is 0 Å². The topological polar surface area (TPSA) is 63.2 Å². The minimum Gasteiger partial charge on any atom is -0.295 e. The van der Waals surface area contributed by atoms with Crippen molar-refractivity contribution in [1.29, 1.82) is 0 Å². The predicted molar refractivity (Wildman–Crippen MR) is 62.0 cm³/mol. The van der Waals surface area contributed by atoms with Crippen LogP contribution in [0, 0.1) is 5.92 Å². The Balaban J connectivity index is 2.12. The van der Waals surface area contributed by atoms with Gasteiger partial charge in [0, 0.05) is 5.56 Å². The van der Waals surface area contributed by atoms with E-state index >= 15 is 0 Å². The molecule has 1 spiro atoms. The first-order valence-electron chi connectivity index (χ1n) is 6.18. The Labute approximate surface area is 103 Å². The number of nitrogens with one attached hydrogen (secondary N) is 1. The van der Waals surface area contributed by atoms with Gasteiger partial charge in [-0.05, 0) is 30.4 Å². The van der Waals surface area contributed by atoms with Gasteiger partial charge < -0.3 is 0 Å². The Morgan fingerprint density at radius 3 is 2.89 bits per heavy atom. The fourth-order valence-electron chi connectivity index (χ4n) is 3.89. The molecule has 1 fully saturated rings. The number of hydrogen-bond acceptors (Lipinski definition) is 3. The number of Topliss-reactive ketones (excluding diaryl/α,β-unsaturated/α-hetero) is 1. The van der Waals surface area contributed by atoms with Crippen LogP contribution in [0.15, 0.2) is 18.2 Å². The number of benzene rings is 1. The monoisotopic (exact) mass is 241 g/mol. The van der Waals surface area contributed by atoms with E-state index in [9.17, 15) is 14.4 Å². The van der Waals surface area contributed by atoms with Crippen molar-refractivity contribution in [2.45, 2.75) is 24.7 Å². The second-order valence-corrected chi connectivity index (χ2v) is 5.28. The Morgan fingerprint density at radius 2 is 2.06 bits per heavy atom. The van der Waals surface area contributed by atoms with Gasteiger partial charge in [-0.15, -0.1) is 0 Å². The van der Waals surface area contributed by atoms with Crippen LogP contribution in [0.3, 0.4) is 0 Å². The zero-order valence-electron chi connectivity index (χ0n) is 9.66. The summed E-state index contributed by atoms with van der Waals surface area (Å²) in [5.41, 5.74) is 1.58. The normalized spacial score (nSPS) is 32.2. The molecule has 1 aromatic carbocycles. The SMILES string of the molecule is O=C1NC(=O)C23CCCc4cccc(c42)C(=O)C13. The molecule has 0 aromatic heterocycles. The summed E-state index contributed by atoms with van der Waals surface area (Å²) in [7, 11) is 0. The zero-order valence-corrected chi connectivity index (χ0v) is 9.66. The minimum atomic E-state index is -0.891. The highest BCUT2D eigenvalue weighted by atomic mass is 16.2. The summed E-state index contributed by atoms with van der Waals surface area (Å²) in [4.78, 5) is 36.5. The zero-order chi connectivity index (χ0) is 12.5. The fourth-order valence-corrected chi connectivity index (χ4v) is 3.89. The summed E-state index contributed by atoms with van der Waals surface area (Å²) in [5, 5.41) is 2.34. The summed E-state index contributed by atoms with van der Waals surface area (Å²) in [5.74, 6) is -1.70. The fraction of sp³-hybridized carbons (Fsp3) is 0.357. The number of ketones is 1. The first-order valence-corrected chi connectivity index (χ1v) is 6.18. The van der Waals surface area contributed by atoms with Gasteiger partial charge in [0.25, 0.3) is 0 Å². The first-order chi connectivity index (χ1) is 8.66. The van der Waals surface area contributed by atoms with Crippen molar-refractivity contribution in [2.24, 2.45) is 5.92 Å². The summed E-state index contributed by atoms with van der Waals surface area (Å²) < 4.78 is 0. The molecule has 0 bridgehead atoms. The molecule has 2 atom stereocenters. The molecule has 90 valence electrons. The summed E-state index contributed by atoms with van der Waals surface area (Å²) in [6.45, 7) is 0. The number of rotatable bonds is 0. The van der Waals surface area contributed by atoms with Crippen LogP contribution in [0.4, 0.5) is 0 Å². The van der Waals surface area contributed by atoms with Crippen LogP contribution in [0.5, 0.6) is 0 Å². The lowest BCUT2D eigenvalue weighted by Crippen LogP contribution is -2.40. The van der Waals surface area contributed by atoms with E-state index in [1.54, 1.807) is 6.07 Å². The molecule has 2 aliphatic carbocycles. The molecule has 1 heterocycles.